The van der Waals surface area contributed by atoms with Crippen molar-refractivity contribution in [3.8, 4) is 6.07 Å². The molecule has 2 rings (SSSR count). The summed E-state index contributed by atoms with van der Waals surface area (Å²) in [6, 6.07) is 16.7. The van der Waals surface area contributed by atoms with Crippen LogP contribution in [0.3, 0.4) is 0 Å². The van der Waals surface area contributed by atoms with E-state index in [2.05, 4.69) is 10.6 Å². The fraction of sp³-hybridized carbons (Fsp3) is 0.304. The molecule has 2 amide bonds. The summed E-state index contributed by atoms with van der Waals surface area (Å²) in [6.45, 7) is 1.61. The van der Waals surface area contributed by atoms with Crippen molar-refractivity contribution in [1.82, 2.24) is 10.6 Å². The molecule has 0 aliphatic rings. The minimum absolute atomic E-state index is 0.00298. The van der Waals surface area contributed by atoms with Crippen LogP contribution in [-0.4, -0.2) is 42.1 Å². The monoisotopic (exact) mass is 423 g/mol. The summed E-state index contributed by atoms with van der Waals surface area (Å²) in [5.41, 5.74) is 0.875. The van der Waals surface area contributed by atoms with Crippen LogP contribution in [0.4, 0.5) is 0 Å². The highest BCUT2D eigenvalue weighted by molar-refractivity contribution is 5.95. The normalized spacial score (nSPS) is 14.3. The van der Waals surface area contributed by atoms with Crippen molar-refractivity contribution in [3.05, 3.63) is 71.8 Å². The molecule has 0 fully saturated rings. The van der Waals surface area contributed by atoms with Gasteiger partial charge in [0.2, 0.25) is 0 Å². The van der Waals surface area contributed by atoms with Crippen LogP contribution in [0.15, 0.2) is 60.7 Å². The van der Waals surface area contributed by atoms with Crippen LogP contribution >= 0.6 is 0 Å². The van der Waals surface area contributed by atoms with E-state index in [1.165, 1.54) is 7.11 Å². The van der Waals surface area contributed by atoms with Crippen LogP contribution in [0.25, 0.3) is 0 Å². The van der Waals surface area contributed by atoms with E-state index in [1.54, 1.807) is 67.6 Å². The quantitative estimate of drug-likeness (QED) is 0.527. The Morgan fingerprint density at radius 3 is 2.16 bits per heavy atom. The minimum Gasteiger partial charge on any atom is -0.467 e. The van der Waals surface area contributed by atoms with E-state index in [-0.39, 0.29) is 6.42 Å². The number of aliphatic hydroxyl groups is 1. The molecule has 0 aliphatic carbocycles. The average molecular weight is 423 g/mol. The Labute approximate surface area is 180 Å². The maximum Gasteiger partial charge on any atom is 0.328 e. The van der Waals surface area contributed by atoms with Gasteiger partial charge in [-0.25, -0.2) is 4.79 Å². The average Bonchev–Trinajstić information content (AvgIpc) is 2.80. The molecule has 31 heavy (non-hydrogen) atoms. The third kappa shape index (κ3) is 6.39. The second-order valence-electron chi connectivity index (χ2n) is 7.02. The fourth-order valence-electron chi connectivity index (χ4n) is 3.03. The lowest BCUT2D eigenvalue weighted by Gasteiger charge is -2.27. The van der Waals surface area contributed by atoms with Crippen molar-refractivity contribution in [2.75, 3.05) is 7.11 Å². The van der Waals surface area contributed by atoms with Gasteiger partial charge in [-0.3, -0.25) is 9.59 Å². The molecule has 0 spiro atoms. The van der Waals surface area contributed by atoms with E-state index in [1.807, 2.05) is 6.07 Å². The maximum atomic E-state index is 12.8. The van der Waals surface area contributed by atoms with E-state index >= 15 is 0 Å². The van der Waals surface area contributed by atoms with Crippen LogP contribution < -0.4 is 10.6 Å². The lowest BCUT2D eigenvalue weighted by Crippen LogP contribution is -2.52. The van der Waals surface area contributed by atoms with Gasteiger partial charge in [0.05, 0.1) is 19.2 Å². The highest BCUT2D eigenvalue weighted by Crippen LogP contribution is 2.19. The number of nitriles is 1. The molecule has 0 saturated carbocycles. The van der Waals surface area contributed by atoms with Crippen molar-refractivity contribution in [1.29, 1.82) is 5.26 Å². The van der Waals surface area contributed by atoms with E-state index in [0.717, 1.165) is 0 Å². The predicted octanol–water partition coefficient (Wildman–Crippen LogP) is 1.73. The number of nitrogens with zero attached hydrogens (tertiary/aromatic N) is 1. The van der Waals surface area contributed by atoms with Gasteiger partial charge in [-0.05, 0) is 17.7 Å². The Hall–Kier alpha value is -3.70. The van der Waals surface area contributed by atoms with Crippen LogP contribution in [0.2, 0.25) is 0 Å². The molecule has 3 N–H and O–H groups in total. The molecule has 0 heterocycles. The summed E-state index contributed by atoms with van der Waals surface area (Å²) < 4.78 is 4.71. The number of carbonyl (C=O) groups excluding carboxylic acids is 3. The number of rotatable bonds is 9. The molecule has 0 aliphatic heterocycles. The highest BCUT2D eigenvalue weighted by Gasteiger charge is 2.34. The SMILES string of the molecule is COC(=O)[C@@H](NC(=O)[C@H](O)[C@@H](NC(=O)c1ccccc1)c1ccccc1)[C@@H](C)CC#N. The second kappa shape index (κ2) is 11.5. The Morgan fingerprint density at radius 1 is 1.03 bits per heavy atom. The molecule has 0 saturated heterocycles. The van der Waals surface area contributed by atoms with Crippen molar-refractivity contribution < 1.29 is 24.2 Å². The van der Waals surface area contributed by atoms with Crippen LogP contribution in [0, 0.1) is 17.2 Å². The first-order valence-corrected chi connectivity index (χ1v) is 9.73. The zero-order valence-electron chi connectivity index (χ0n) is 17.3. The zero-order chi connectivity index (χ0) is 22.8. The molecular formula is C23H25N3O5. The molecule has 4 atom stereocenters. The van der Waals surface area contributed by atoms with E-state index in [9.17, 15) is 19.5 Å². The maximum absolute atomic E-state index is 12.8. The molecule has 0 aromatic heterocycles. The number of ether oxygens (including phenoxy) is 1. The Bertz CT molecular complexity index is 927. The van der Waals surface area contributed by atoms with Crippen molar-refractivity contribution in [2.45, 2.75) is 31.5 Å². The second-order valence-corrected chi connectivity index (χ2v) is 7.02. The number of benzene rings is 2. The molecular weight excluding hydrogens is 398 g/mol. The molecule has 0 radical (unpaired) electrons. The molecule has 0 bridgehead atoms. The van der Waals surface area contributed by atoms with E-state index in [0.29, 0.717) is 11.1 Å². The third-order valence-corrected chi connectivity index (χ3v) is 4.80. The van der Waals surface area contributed by atoms with Crippen molar-refractivity contribution in [3.63, 3.8) is 0 Å². The van der Waals surface area contributed by atoms with Gasteiger partial charge >= 0.3 is 5.97 Å². The molecule has 8 nitrogen and oxygen atoms in total. The van der Waals surface area contributed by atoms with Gasteiger partial charge in [-0.15, -0.1) is 0 Å². The Kier molecular flexibility index (Phi) is 8.73. The fourth-order valence-corrected chi connectivity index (χ4v) is 3.03. The summed E-state index contributed by atoms with van der Waals surface area (Å²) in [6.07, 6.45) is -1.69. The van der Waals surface area contributed by atoms with Crippen molar-refractivity contribution in [2.24, 2.45) is 5.92 Å². The summed E-state index contributed by atoms with van der Waals surface area (Å²) in [5.74, 6) is -2.61. The summed E-state index contributed by atoms with van der Waals surface area (Å²) >= 11 is 0. The molecule has 2 aromatic rings. The third-order valence-electron chi connectivity index (χ3n) is 4.80. The van der Waals surface area contributed by atoms with Gasteiger partial charge in [-0.2, -0.15) is 5.26 Å². The van der Waals surface area contributed by atoms with E-state index in [4.69, 9.17) is 10.00 Å². The first-order valence-electron chi connectivity index (χ1n) is 9.73. The summed E-state index contributed by atoms with van der Waals surface area (Å²) in [7, 11) is 1.17. The Morgan fingerprint density at radius 2 is 1.61 bits per heavy atom. The lowest BCUT2D eigenvalue weighted by atomic mass is 9.96. The highest BCUT2D eigenvalue weighted by atomic mass is 16.5. The number of carbonyl (C=O) groups is 3. The largest absolute Gasteiger partial charge is 0.467 e. The first-order chi connectivity index (χ1) is 14.9. The van der Waals surface area contributed by atoms with Gasteiger partial charge in [0.25, 0.3) is 11.8 Å². The van der Waals surface area contributed by atoms with Gasteiger partial charge in [0.15, 0.2) is 6.10 Å². The lowest BCUT2D eigenvalue weighted by molar-refractivity contribution is -0.148. The molecule has 2 aromatic carbocycles. The van der Waals surface area contributed by atoms with Gasteiger partial charge in [0.1, 0.15) is 6.04 Å². The number of amides is 2. The molecule has 8 heteroatoms. The zero-order valence-corrected chi connectivity index (χ0v) is 17.3. The van der Waals surface area contributed by atoms with Gasteiger partial charge in [-0.1, -0.05) is 55.5 Å². The standard InChI is InChI=1S/C23H25N3O5/c1-15(13-14-24)18(23(30)31-2)25-22(29)20(27)19(16-9-5-3-6-10-16)26-21(28)17-11-7-4-8-12-17/h3-12,15,18-20,27H,13H2,1-2H3,(H,25,29)(H,26,28)/t15-,18-,19-,20+/m0/s1. The van der Waals surface area contributed by atoms with Gasteiger partial charge < -0.3 is 20.5 Å². The summed E-state index contributed by atoms with van der Waals surface area (Å²) in [5, 5.41) is 24.8. The van der Waals surface area contributed by atoms with E-state index < -0.39 is 41.9 Å². The van der Waals surface area contributed by atoms with Crippen molar-refractivity contribution >= 4 is 17.8 Å². The summed E-state index contributed by atoms with van der Waals surface area (Å²) in [4.78, 5) is 37.6. The first kappa shape index (κ1) is 23.6. The molecule has 162 valence electrons. The number of methoxy groups -OCH3 is 1. The number of aliphatic hydroxyl groups excluding tert-OH is 1. The number of nitrogens with one attached hydrogen (secondary N) is 2. The predicted molar refractivity (Wildman–Crippen MR) is 112 cm³/mol. The van der Waals surface area contributed by atoms with Crippen LogP contribution in [-0.2, 0) is 14.3 Å². The van der Waals surface area contributed by atoms with Crippen LogP contribution in [0.1, 0.15) is 35.3 Å². The number of esters is 1. The number of hydrogen-bond acceptors (Lipinski definition) is 6. The Balaban J connectivity index is 2.26. The molecule has 0 unspecified atom stereocenters. The van der Waals surface area contributed by atoms with Gasteiger partial charge in [0, 0.05) is 17.9 Å². The topological polar surface area (TPSA) is 129 Å². The minimum atomic E-state index is -1.70. The number of hydrogen-bond donors (Lipinski definition) is 3. The van der Waals surface area contributed by atoms with Crippen LogP contribution in [0.5, 0.6) is 0 Å². The smallest absolute Gasteiger partial charge is 0.328 e.